The van der Waals surface area contributed by atoms with E-state index >= 15 is 0 Å². The smallest absolute Gasteiger partial charge is 0.269 e. The van der Waals surface area contributed by atoms with Crippen molar-refractivity contribution in [3.8, 4) is 0 Å². The predicted molar refractivity (Wildman–Crippen MR) is 162 cm³/mol. The second-order valence-corrected chi connectivity index (χ2v) is 11.0. The molecule has 3 aromatic carbocycles. The quantitative estimate of drug-likeness (QED) is 0.153. The Balaban J connectivity index is 1.26. The minimum Gasteiger partial charge on any atom is -0.372 e. The Morgan fingerprint density at radius 1 is 0.975 bits per heavy atom. The van der Waals surface area contributed by atoms with Gasteiger partial charge in [0.25, 0.3) is 11.6 Å². The summed E-state index contributed by atoms with van der Waals surface area (Å²) in [6, 6.07) is 22.6. The Labute approximate surface area is 236 Å². The van der Waals surface area contributed by atoms with Crippen molar-refractivity contribution in [3.63, 3.8) is 0 Å². The highest BCUT2D eigenvalue weighted by molar-refractivity contribution is 8.18. The van der Waals surface area contributed by atoms with Gasteiger partial charge < -0.3 is 9.88 Å². The molecule has 0 saturated carbocycles. The molecule has 0 radical (unpaired) electrons. The van der Waals surface area contributed by atoms with Crippen molar-refractivity contribution in [2.75, 3.05) is 24.5 Å². The summed E-state index contributed by atoms with van der Waals surface area (Å²) in [6.45, 7) is 2.63. The van der Waals surface area contributed by atoms with E-state index in [9.17, 15) is 14.9 Å². The summed E-state index contributed by atoms with van der Waals surface area (Å²) >= 11 is 1.34. The maximum Gasteiger partial charge on any atom is 0.269 e. The van der Waals surface area contributed by atoms with Crippen LogP contribution in [0.3, 0.4) is 0 Å². The van der Waals surface area contributed by atoms with E-state index in [0.29, 0.717) is 28.7 Å². The van der Waals surface area contributed by atoms with Gasteiger partial charge in [-0.2, -0.15) is 0 Å². The predicted octanol–water partition coefficient (Wildman–Crippen LogP) is 6.91. The maximum atomic E-state index is 13.6. The molecule has 2 saturated heterocycles. The van der Waals surface area contributed by atoms with Crippen LogP contribution in [0.1, 0.15) is 30.4 Å². The lowest BCUT2D eigenvalue weighted by atomic mass is 10.1. The standard InChI is InChI=1S/C31H29N5O3S/c37-30-29(20-22-8-12-25(13-9-22)34-17-4-1-5-18-34)40-31(33-24-10-14-26(15-11-24)36(38)39)35(30)19-16-23-21-32-28-7-3-2-6-27(23)28/h2-3,6-15,20-21,32H,1,4-5,16-19H2/b29-20-,33-31?. The molecule has 6 rings (SSSR count). The fourth-order valence-corrected chi connectivity index (χ4v) is 6.23. The van der Waals surface area contributed by atoms with Gasteiger partial charge in [-0.3, -0.25) is 19.8 Å². The molecular weight excluding hydrogens is 522 g/mol. The number of aliphatic imine (C=N–C) groups is 1. The number of benzene rings is 3. The number of anilines is 1. The number of hydrogen-bond donors (Lipinski definition) is 1. The summed E-state index contributed by atoms with van der Waals surface area (Å²) in [7, 11) is 0. The van der Waals surface area contributed by atoms with Crippen LogP contribution in [0.25, 0.3) is 17.0 Å². The number of rotatable bonds is 7. The van der Waals surface area contributed by atoms with Gasteiger partial charge in [-0.1, -0.05) is 30.3 Å². The number of non-ortho nitro benzene ring substituents is 1. The van der Waals surface area contributed by atoms with Gasteiger partial charge in [0.15, 0.2) is 5.17 Å². The van der Waals surface area contributed by atoms with E-state index in [4.69, 9.17) is 4.99 Å². The van der Waals surface area contributed by atoms with Gasteiger partial charge in [0, 0.05) is 54.6 Å². The zero-order chi connectivity index (χ0) is 27.5. The zero-order valence-electron chi connectivity index (χ0n) is 22.0. The summed E-state index contributed by atoms with van der Waals surface area (Å²) in [5.41, 5.74) is 4.94. The molecule has 202 valence electrons. The molecule has 2 fully saturated rings. The lowest BCUT2D eigenvalue weighted by Crippen LogP contribution is -2.31. The van der Waals surface area contributed by atoms with Crippen molar-refractivity contribution in [1.29, 1.82) is 0 Å². The molecule has 1 aromatic heterocycles. The summed E-state index contributed by atoms with van der Waals surface area (Å²) in [4.78, 5) is 37.0. The second-order valence-electron chi connectivity index (χ2n) is 9.98. The highest BCUT2D eigenvalue weighted by Gasteiger charge is 2.33. The molecule has 0 bridgehead atoms. The minimum atomic E-state index is -0.435. The van der Waals surface area contributed by atoms with Crippen molar-refractivity contribution in [2.24, 2.45) is 4.99 Å². The van der Waals surface area contributed by atoms with E-state index in [1.165, 1.54) is 48.8 Å². The number of amides is 1. The Hall–Kier alpha value is -4.37. The fraction of sp³-hybridized carbons (Fsp3) is 0.226. The van der Waals surface area contributed by atoms with Crippen LogP contribution in [0.2, 0.25) is 0 Å². The van der Waals surface area contributed by atoms with Crippen LogP contribution < -0.4 is 4.90 Å². The minimum absolute atomic E-state index is 0.00359. The van der Waals surface area contributed by atoms with Gasteiger partial charge in [0.2, 0.25) is 0 Å². The van der Waals surface area contributed by atoms with Crippen molar-refractivity contribution in [1.82, 2.24) is 9.88 Å². The molecule has 40 heavy (non-hydrogen) atoms. The van der Waals surface area contributed by atoms with Crippen LogP contribution in [0.5, 0.6) is 0 Å². The zero-order valence-corrected chi connectivity index (χ0v) is 22.8. The number of amidine groups is 1. The van der Waals surface area contributed by atoms with E-state index in [-0.39, 0.29) is 11.6 Å². The highest BCUT2D eigenvalue weighted by Crippen LogP contribution is 2.35. The SMILES string of the molecule is O=C1/C(=C/c2ccc(N3CCCCC3)cc2)SC(=Nc2ccc([N+](=O)[O-])cc2)N1CCc1c[nH]c2ccccc12. The van der Waals surface area contributed by atoms with Crippen LogP contribution in [-0.2, 0) is 11.2 Å². The summed E-state index contributed by atoms with van der Waals surface area (Å²) < 4.78 is 0. The first-order valence-corrected chi connectivity index (χ1v) is 14.3. The molecule has 4 aromatic rings. The van der Waals surface area contributed by atoms with Crippen LogP contribution in [0.4, 0.5) is 17.1 Å². The van der Waals surface area contributed by atoms with Crippen molar-refractivity contribution in [2.45, 2.75) is 25.7 Å². The average molecular weight is 552 g/mol. The molecule has 3 heterocycles. The number of piperidine rings is 1. The first-order valence-electron chi connectivity index (χ1n) is 13.5. The number of nitro benzene ring substituents is 1. The molecule has 0 aliphatic carbocycles. The number of aromatic amines is 1. The molecule has 2 aliphatic rings. The monoisotopic (exact) mass is 551 g/mol. The maximum absolute atomic E-state index is 13.6. The van der Waals surface area contributed by atoms with Crippen LogP contribution in [-0.4, -0.2) is 45.5 Å². The van der Waals surface area contributed by atoms with E-state index in [1.54, 1.807) is 17.0 Å². The van der Waals surface area contributed by atoms with Gasteiger partial charge >= 0.3 is 0 Å². The summed E-state index contributed by atoms with van der Waals surface area (Å²) in [6.07, 6.45) is 8.31. The second kappa shape index (κ2) is 11.4. The molecule has 1 N–H and O–H groups in total. The average Bonchev–Trinajstić information content (AvgIpc) is 3.53. The normalized spacial score (nSPS) is 17.9. The molecule has 1 amide bonds. The third-order valence-electron chi connectivity index (χ3n) is 7.37. The third-order valence-corrected chi connectivity index (χ3v) is 8.37. The van der Waals surface area contributed by atoms with Gasteiger partial charge in [-0.25, -0.2) is 4.99 Å². The van der Waals surface area contributed by atoms with Gasteiger partial charge in [0.1, 0.15) is 0 Å². The lowest BCUT2D eigenvalue weighted by molar-refractivity contribution is -0.384. The number of carbonyl (C=O) groups is 1. The number of nitro groups is 1. The number of thioether (sulfide) groups is 1. The summed E-state index contributed by atoms with van der Waals surface area (Å²) in [5.74, 6) is -0.0920. The van der Waals surface area contributed by atoms with Crippen molar-refractivity contribution < 1.29 is 9.72 Å². The Kier molecular flexibility index (Phi) is 7.37. The number of para-hydroxylation sites is 1. The molecule has 0 spiro atoms. The number of hydrogen-bond acceptors (Lipinski definition) is 6. The number of carbonyl (C=O) groups excluding carboxylic acids is 1. The summed E-state index contributed by atoms with van der Waals surface area (Å²) in [5, 5.41) is 12.8. The van der Waals surface area contributed by atoms with E-state index in [2.05, 4.69) is 40.2 Å². The fourth-order valence-electron chi connectivity index (χ4n) is 5.20. The Morgan fingerprint density at radius 2 is 1.73 bits per heavy atom. The Morgan fingerprint density at radius 3 is 2.48 bits per heavy atom. The van der Waals surface area contributed by atoms with Crippen LogP contribution >= 0.6 is 11.8 Å². The highest BCUT2D eigenvalue weighted by atomic mass is 32.2. The molecular formula is C31H29N5O3S. The van der Waals surface area contributed by atoms with Gasteiger partial charge in [-0.05, 0) is 85.0 Å². The molecule has 2 aliphatic heterocycles. The number of nitrogens with zero attached hydrogens (tertiary/aromatic N) is 4. The first kappa shape index (κ1) is 25.9. The van der Waals surface area contributed by atoms with Gasteiger partial charge in [-0.15, -0.1) is 0 Å². The van der Waals surface area contributed by atoms with Crippen molar-refractivity contribution in [3.05, 3.63) is 105 Å². The molecule has 0 unspecified atom stereocenters. The lowest BCUT2D eigenvalue weighted by Gasteiger charge is -2.28. The number of fused-ring (bicyclic) bond motifs is 1. The first-order chi connectivity index (χ1) is 19.5. The number of H-pyrrole nitrogens is 1. The van der Waals surface area contributed by atoms with E-state index in [1.807, 2.05) is 30.5 Å². The van der Waals surface area contributed by atoms with Gasteiger partial charge in [0.05, 0.1) is 15.5 Å². The van der Waals surface area contributed by atoms with E-state index < -0.39 is 4.92 Å². The van der Waals surface area contributed by atoms with Crippen LogP contribution in [0.15, 0.2) is 88.9 Å². The largest absolute Gasteiger partial charge is 0.372 e. The van der Waals surface area contributed by atoms with Crippen molar-refractivity contribution >= 4 is 56.9 Å². The number of aromatic nitrogens is 1. The van der Waals surface area contributed by atoms with Crippen LogP contribution in [0, 0.1) is 10.1 Å². The Bertz CT molecular complexity index is 1600. The third kappa shape index (κ3) is 5.51. The number of nitrogens with one attached hydrogen (secondary N) is 1. The van der Waals surface area contributed by atoms with E-state index in [0.717, 1.165) is 35.1 Å². The molecule has 9 heteroatoms. The molecule has 0 atom stereocenters. The topological polar surface area (TPSA) is 94.8 Å². The molecule has 8 nitrogen and oxygen atoms in total.